The van der Waals surface area contributed by atoms with Crippen molar-refractivity contribution in [1.29, 1.82) is 0 Å². The summed E-state index contributed by atoms with van der Waals surface area (Å²) in [5, 5.41) is 12.9. The second-order valence-corrected chi connectivity index (χ2v) is 9.72. The molecule has 5 heteroatoms. The van der Waals surface area contributed by atoms with Crippen LogP contribution in [0.3, 0.4) is 0 Å². The SMILES string of the molecule is Cc1cc(C)c(N2CC[NH+](C[C@H](O)COc3ccc4cc(Br)ccc4c3)CC2)c(C)c1. The molecule has 0 unspecified atom stereocenters. The first-order chi connectivity index (χ1) is 14.9. The van der Waals surface area contributed by atoms with Crippen molar-refractivity contribution in [3.8, 4) is 5.75 Å². The number of quaternary nitrogens is 1. The van der Waals surface area contributed by atoms with Gasteiger partial charge in [-0.1, -0.05) is 45.8 Å². The van der Waals surface area contributed by atoms with Crippen LogP contribution in [0.2, 0.25) is 0 Å². The number of nitrogens with one attached hydrogen (secondary N) is 1. The van der Waals surface area contributed by atoms with Crippen LogP contribution in [0.1, 0.15) is 16.7 Å². The smallest absolute Gasteiger partial charge is 0.137 e. The number of nitrogens with zero attached hydrogens (tertiary/aromatic N) is 1. The molecule has 0 bridgehead atoms. The number of piperazine rings is 1. The topological polar surface area (TPSA) is 37.1 Å². The number of halogens is 1. The third-order valence-corrected chi connectivity index (χ3v) is 6.66. The van der Waals surface area contributed by atoms with Crippen LogP contribution in [0.15, 0.2) is 53.0 Å². The van der Waals surface area contributed by atoms with E-state index in [1.54, 1.807) is 0 Å². The van der Waals surface area contributed by atoms with Gasteiger partial charge in [0, 0.05) is 10.2 Å². The molecule has 0 aromatic heterocycles. The molecular weight excluding hydrogens is 452 g/mol. The molecule has 3 aromatic carbocycles. The van der Waals surface area contributed by atoms with Crippen LogP contribution in [0.4, 0.5) is 5.69 Å². The molecule has 1 aliphatic rings. The second-order valence-electron chi connectivity index (χ2n) is 8.81. The van der Waals surface area contributed by atoms with Gasteiger partial charge in [0.2, 0.25) is 0 Å². The Hall–Kier alpha value is -2.08. The Balaban J connectivity index is 1.27. The first-order valence-electron chi connectivity index (χ1n) is 11.1. The van der Waals surface area contributed by atoms with Gasteiger partial charge in [-0.2, -0.15) is 0 Å². The largest absolute Gasteiger partial charge is 0.491 e. The van der Waals surface area contributed by atoms with Crippen molar-refractivity contribution in [1.82, 2.24) is 0 Å². The van der Waals surface area contributed by atoms with Crippen molar-refractivity contribution in [2.45, 2.75) is 26.9 Å². The summed E-state index contributed by atoms with van der Waals surface area (Å²) in [4.78, 5) is 3.95. The Kier molecular flexibility index (Phi) is 6.85. The van der Waals surface area contributed by atoms with E-state index < -0.39 is 6.10 Å². The molecule has 1 aliphatic heterocycles. The van der Waals surface area contributed by atoms with E-state index in [0.29, 0.717) is 6.61 Å². The van der Waals surface area contributed by atoms with E-state index in [9.17, 15) is 5.11 Å². The Morgan fingerprint density at radius 2 is 1.61 bits per heavy atom. The van der Waals surface area contributed by atoms with E-state index in [0.717, 1.165) is 48.3 Å². The van der Waals surface area contributed by atoms with Gasteiger partial charge in [0.25, 0.3) is 0 Å². The molecule has 1 atom stereocenters. The molecule has 1 fully saturated rings. The molecule has 31 heavy (non-hydrogen) atoms. The fourth-order valence-corrected chi connectivity index (χ4v) is 5.17. The van der Waals surface area contributed by atoms with Crippen LogP contribution in [0.5, 0.6) is 5.75 Å². The second kappa shape index (κ2) is 9.60. The maximum absolute atomic E-state index is 10.5. The Labute approximate surface area is 193 Å². The minimum atomic E-state index is -0.468. The van der Waals surface area contributed by atoms with Crippen molar-refractivity contribution in [2.24, 2.45) is 0 Å². The summed E-state index contributed by atoms with van der Waals surface area (Å²) in [7, 11) is 0. The summed E-state index contributed by atoms with van der Waals surface area (Å²) in [6.07, 6.45) is -0.468. The first kappa shape index (κ1) is 22.1. The normalized spacial score (nSPS) is 16.0. The lowest BCUT2D eigenvalue weighted by atomic mass is 10.0. The van der Waals surface area contributed by atoms with Crippen molar-refractivity contribution in [3.63, 3.8) is 0 Å². The van der Waals surface area contributed by atoms with E-state index in [1.807, 2.05) is 18.2 Å². The zero-order chi connectivity index (χ0) is 22.0. The number of anilines is 1. The van der Waals surface area contributed by atoms with Gasteiger partial charge in [0.1, 0.15) is 25.0 Å². The summed E-state index contributed by atoms with van der Waals surface area (Å²) < 4.78 is 6.96. The predicted molar refractivity (Wildman–Crippen MR) is 132 cm³/mol. The quantitative estimate of drug-likeness (QED) is 0.561. The maximum atomic E-state index is 10.5. The van der Waals surface area contributed by atoms with Crippen LogP contribution in [0, 0.1) is 20.8 Å². The molecule has 4 rings (SSSR count). The number of rotatable bonds is 6. The highest BCUT2D eigenvalue weighted by Crippen LogP contribution is 2.26. The lowest BCUT2D eigenvalue weighted by molar-refractivity contribution is -0.903. The lowest BCUT2D eigenvalue weighted by Crippen LogP contribution is -3.16. The summed E-state index contributed by atoms with van der Waals surface area (Å²) >= 11 is 3.50. The van der Waals surface area contributed by atoms with Crippen molar-refractivity contribution >= 4 is 32.4 Å². The van der Waals surface area contributed by atoms with Gasteiger partial charge < -0.3 is 19.6 Å². The molecule has 4 nitrogen and oxygen atoms in total. The molecule has 2 N–H and O–H groups in total. The number of hydrogen-bond donors (Lipinski definition) is 2. The highest BCUT2D eigenvalue weighted by atomic mass is 79.9. The zero-order valence-electron chi connectivity index (χ0n) is 18.6. The number of aliphatic hydroxyl groups is 1. The summed E-state index contributed by atoms with van der Waals surface area (Å²) in [5.41, 5.74) is 5.43. The molecule has 3 aromatic rings. The summed E-state index contributed by atoms with van der Waals surface area (Å²) in [6.45, 7) is 11.7. The highest BCUT2D eigenvalue weighted by molar-refractivity contribution is 9.10. The van der Waals surface area contributed by atoms with Crippen LogP contribution in [-0.2, 0) is 0 Å². The Morgan fingerprint density at radius 1 is 0.968 bits per heavy atom. The minimum Gasteiger partial charge on any atom is -0.491 e. The van der Waals surface area contributed by atoms with Gasteiger partial charge in [-0.3, -0.25) is 0 Å². The monoisotopic (exact) mass is 483 g/mol. The van der Waals surface area contributed by atoms with Crippen LogP contribution < -0.4 is 14.5 Å². The Bertz CT molecular complexity index is 1040. The fourth-order valence-electron chi connectivity index (χ4n) is 4.79. The molecule has 0 radical (unpaired) electrons. The highest BCUT2D eigenvalue weighted by Gasteiger charge is 2.24. The molecule has 0 spiro atoms. The van der Waals surface area contributed by atoms with E-state index in [1.165, 1.54) is 32.7 Å². The van der Waals surface area contributed by atoms with E-state index in [2.05, 4.69) is 71.9 Å². The molecular formula is C26H32BrN2O2+. The predicted octanol–water partition coefficient (Wildman–Crippen LogP) is 3.67. The summed E-state index contributed by atoms with van der Waals surface area (Å²) in [6, 6.07) is 16.8. The third kappa shape index (κ3) is 5.40. The molecule has 1 saturated heterocycles. The van der Waals surface area contributed by atoms with E-state index in [4.69, 9.17) is 4.74 Å². The molecule has 1 heterocycles. The van der Waals surface area contributed by atoms with E-state index >= 15 is 0 Å². The number of benzene rings is 3. The van der Waals surface area contributed by atoms with Crippen molar-refractivity contribution in [2.75, 3.05) is 44.2 Å². The van der Waals surface area contributed by atoms with Gasteiger partial charge in [-0.15, -0.1) is 0 Å². The van der Waals surface area contributed by atoms with Gasteiger partial charge >= 0.3 is 0 Å². The number of fused-ring (bicyclic) bond motifs is 1. The van der Waals surface area contributed by atoms with Gasteiger partial charge in [-0.25, -0.2) is 0 Å². The van der Waals surface area contributed by atoms with Gasteiger partial charge in [0.15, 0.2) is 0 Å². The minimum absolute atomic E-state index is 0.325. The molecule has 0 amide bonds. The number of hydrogen-bond acceptors (Lipinski definition) is 3. The third-order valence-electron chi connectivity index (χ3n) is 6.16. The molecule has 164 valence electrons. The van der Waals surface area contributed by atoms with Crippen molar-refractivity contribution in [3.05, 3.63) is 69.7 Å². The van der Waals surface area contributed by atoms with E-state index in [-0.39, 0.29) is 0 Å². The standard InChI is InChI=1S/C26H31BrN2O2/c1-18-12-19(2)26(20(3)13-18)29-10-8-28(9-11-29)16-24(30)17-31-25-7-5-21-14-23(27)6-4-22(21)15-25/h4-7,12-15,24,30H,8-11,16-17H2,1-3H3/p+1/t24-/m0/s1. The average molecular weight is 484 g/mol. The van der Waals surface area contributed by atoms with Crippen LogP contribution in [-0.4, -0.2) is 50.5 Å². The molecule has 0 saturated carbocycles. The lowest BCUT2D eigenvalue weighted by Gasteiger charge is -2.36. The van der Waals surface area contributed by atoms with Crippen LogP contribution >= 0.6 is 15.9 Å². The average Bonchev–Trinajstić information content (AvgIpc) is 2.73. The Morgan fingerprint density at radius 3 is 2.32 bits per heavy atom. The summed E-state index contributed by atoms with van der Waals surface area (Å²) in [5.74, 6) is 0.805. The number of ether oxygens (including phenoxy) is 1. The van der Waals surface area contributed by atoms with Gasteiger partial charge in [-0.05, 0) is 66.9 Å². The number of aliphatic hydroxyl groups excluding tert-OH is 1. The zero-order valence-corrected chi connectivity index (χ0v) is 20.2. The first-order valence-corrected chi connectivity index (χ1v) is 11.8. The fraction of sp³-hybridized carbons (Fsp3) is 0.385. The molecule has 0 aliphatic carbocycles. The van der Waals surface area contributed by atoms with Crippen molar-refractivity contribution < 1.29 is 14.7 Å². The number of aryl methyl sites for hydroxylation is 3. The van der Waals surface area contributed by atoms with Gasteiger partial charge in [0.05, 0.1) is 26.2 Å². The maximum Gasteiger partial charge on any atom is 0.137 e. The van der Waals surface area contributed by atoms with Crippen LogP contribution in [0.25, 0.3) is 10.8 Å².